The molecule has 0 saturated carbocycles. The second-order valence-corrected chi connectivity index (χ2v) is 2.66. The van der Waals surface area contributed by atoms with Gasteiger partial charge < -0.3 is 4.74 Å². The molecule has 0 atom stereocenters. The van der Waals surface area contributed by atoms with Crippen LogP contribution in [0.4, 0.5) is 13.2 Å². The van der Waals surface area contributed by atoms with Crippen molar-refractivity contribution in [2.24, 2.45) is 0 Å². The Morgan fingerprint density at radius 2 is 2.12 bits per heavy atom. The van der Waals surface area contributed by atoms with Crippen LogP contribution in [0.3, 0.4) is 0 Å². The lowest BCUT2D eigenvalue weighted by Gasteiger charge is -2.06. The fourth-order valence-corrected chi connectivity index (χ4v) is 0.972. The first-order chi connectivity index (χ1) is 7.63. The maximum atomic E-state index is 12.8. The number of hydrogen-bond donors (Lipinski definition) is 0. The van der Waals surface area contributed by atoms with Gasteiger partial charge in [-0.25, -0.2) is 4.39 Å². The van der Waals surface area contributed by atoms with Crippen LogP contribution in [0.5, 0.6) is 5.75 Å². The fraction of sp³-hybridized carbons (Fsp3) is 0.182. The summed E-state index contributed by atoms with van der Waals surface area (Å²) in [5.41, 5.74) is 0.122. The van der Waals surface area contributed by atoms with Crippen molar-refractivity contribution in [2.75, 3.05) is 0 Å². The Labute approximate surface area is 90.3 Å². The van der Waals surface area contributed by atoms with Crippen molar-refractivity contribution in [3.05, 3.63) is 29.6 Å². The van der Waals surface area contributed by atoms with Gasteiger partial charge in [0.25, 0.3) is 0 Å². The number of alkyl halides is 2. The van der Waals surface area contributed by atoms with Crippen molar-refractivity contribution in [2.45, 2.75) is 13.0 Å². The van der Waals surface area contributed by atoms with Crippen LogP contribution in [-0.4, -0.2) is 6.61 Å². The quantitative estimate of drug-likeness (QED) is 0.725. The first kappa shape index (κ1) is 11.9. The number of ether oxygens (including phenoxy) is 1. The van der Waals surface area contributed by atoms with Crippen LogP contribution in [0.25, 0.3) is 0 Å². The number of rotatable bonds is 2. The van der Waals surface area contributed by atoms with Crippen LogP contribution in [0.15, 0.2) is 18.2 Å². The lowest BCUT2D eigenvalue weighted by Crippen LogP contribution is -2.03. The van der Waals surface area contributed by atoms with Crippen molar-refractivity contribution >= 4 is 0 Å². The fourth-order valence-electron chi connectivity index (χ4n) is 0.972. The van der Waals surface area contributed by atoms with Crippen molar-refractivity contribution in [1.82, 2.24) is 0 Å². The van der Waals surface area contributed by atoms with E-state index in [2.05, 4.69) is 16.6 Å². The zero-order valence-corrected chi connectivity index (χ0v) is 8.01. The van der Waals surface area contributed by atoms with Crippen molar-refractivity contribution < 1.29 is 17.9 Å². The van der Waals surface area contributed by atoms with Crippen molar-refractivity contribution in [1.29, 1.82) is 5.26 Å². The molecule has 0 aliphatic carbocycles. The Bertz CT molecular complexity index is 468. The van der Waals surface area contributed by atoms with Gasteiger partial charge >= 0.3 is 6.61 Å². The second-order valence-electron chi connectivity index (χ2n) is 2.66. The summed E-state index contributed by atoms with van der Waals surface area (Å²) in [7, 11) is 0. The van der Waals surface area contributed by atoms with E-state index < -0.39 is 12.4 Å². The molecular formula is C11H6F3NO. The Kier molecular flexibility index (Phi) is 4.23. The highest BCUT2D eigenvalue weighted by Crippen LogP contribution is 2.21. The SMILES string of the molecule is N#CCC#Cc1ccc(F)cc1OC(F)F. The highest BCUT2D eigenvalue weighted by Gasteiger charge is 2.09. The van der Waals surface area contributed by atoms with E-state index in [4.69, 9.17) is 5.26 Å². The summed E-state index contributed by atoms with van der Waals surface area (Å²) >= 11 is 0. The molecule has 0 N–H and O–H groups in total. The number of benzene rings is 1. The maximum absolute atomic E-state index is 12.8. The van der Waals surface area contributed by atoms with E-state index in [9.17, 15) is 13.2 Å². The van der Waals surface area contributed by atoms with Crippen LogP contribution in [0.1, 0.15) is 12.0 Å². The van der Waals surface area contributed by atoms with Gasteiger partial charge in [-0.1, -0.05) is 11.8 Å². The van der Waals surface area contributed by atoms with E-state index in [1.807, 2.05) is 0 Å². The predicted octanol–water partition coefficient (Wildman–Crippen LogP) is 2.69. The van der Waals surface area contributed by atoms with Crippen molar-refractivity contribution in [3.63, 3.8) is 0 Å². The molecule has 0 amide bonds. The zero-order chi connectivity index (χ0) is 12.0. The molecule has 1 aromatic carbocycles. The number of hydrogen-bond acceptors (Lipinski definition) is 2. The summed E-state index contributed by atoms with van der Waals surface area (Å²) in [4.78, 5) is 0. The zero-order valence-electron chi connectivity index (χ0n) is 8.01. The molecule has 0 bridgehead atoms. The highest BCUT2D eigenvalue weighted by molar-refractivity contribution is 5.46. The molecule has 16 heavy (non-hydrogen) atoms. The minimum Gasteiger partial charge on any atom is -0.433 e. The molecule has 1 rings (SSSR count). The van der Waals surface area contributed by atoms with Gasteiger partial charge in [-0.2, -0.15) is 14.0 Å². The average molecular weight is 225 g/mol. The summed E-state index contributed by atoms with van der Waals surface area (Å²) in [6.07, 6.45) is -0.0362. The molecule has 5 heteroatoms. The Morgan fingerprint density at radius 3 is 2.75 bits per heavy atom. The smallest absolute Gasteiger partial charge is 0.387 e. The van der Waals surface area contributed by atoms with E-state index >= 15 is 0 Å². The summed E-state index contributed by atoms with van der Waals surface area (Å²) in [5.74, 6) is 3.85. The van der Waals surface area contributed by atoms with Crippen LogP contribution >= 0.6 is 0 Å². The van der Waals surface area contributed by atoms with Crippen LogP contribution < -0.4 is 4.74 Å². The lowest BCUT2D eigenvalue weighted by molar-refractivity contribution is -0.0501. The molecule has 0 aliphatic rings. The molecule has 0 spiro atoms. The lowest BCUT2D eigenvalue weighted by atomic mass is 10.2. The standard InChI is InChI=1S/C11H6F3NO/c12-9-5-4-8(3-1-2-6-15)10(7-9)16-11(13)14/h4-5,7,11H,2H2. The van der Waals surface area contributed by atoms with Gasteiger partial charge in [-0.15, -0.1) is 0 Å². The minimum absolute atomic E-state index is 0.0362. The van der Waals surface area contributed by atoms with Gasteiger partial charge in [0.15, 0.2) is 0 Å². The molecule has 82 valence electrons. The van der Waals surface area contributed by atoms with Crippen LogP contribution in [0.2, 0.25) is 0 Å². The van der Waals surface area contributed by atoms with E-state index in [0.717, 1.165) is 12.1 Å². The van der Waals surface area contributed by atoms with Gasteiger partial charge in [-0.3, -0.25) is 0 Å². The molecule has 0 unspecified atom stereocenters. The van der Waals surface area contributed by atoms with Gasteiger partial charge in [-0.05, 0) is 12.1 Å². The predicted molar refractivity (Wildman–Crippen MR) is 50.1 cm³/mol. The van der Waals surface area contributed by atoms with Gasteiger partial charge in [0, 0.05) is 6.07 Å². The summed E-state index contributed by atoms with van der Waals surface area (Å²) in [6, 6.07) is 4.89. The first-order valence-electron chi connectivity index (χ1n) is 4.23. The minimum atomic E-state index is -3.04. The van der Waals surface area contributed by atoms with Gasteiger partial charge in [0.05, 0.1) is 18.1 Å². The third kappa shape index (κ3) is 3.55. The third-order valence-corrected chi connectivity index (χ3v) is 1.55. The Balaban J connectivity index is 3.00. The van der Waals surface area contributed by atoms with Gasteiger partial charge in [0.2, 0.25) is 0 Å². The Morgan fingerprint density at radius 1 is 1.38 bits per heavy atom. The topological polar surface area (TPSA) is 33.0 Å². The molecule has 0 saturated heterocycles. The van der Waals surface area contributed by atoms with Gasteiger partial charge in [0.1, 0.15) is 11.6 Å². The van der Waals surface area contributed by atoms with E-state index in [-0.39, 0.29) is 17.7 Å². The third-order valence-electron chi connectivity index (χ3n) is 1.55. The second kappa shape index (κ2) is 5.67. The number of halogens is 3. The first-order valence-corrected chi connectivity index (χ1v) is 4.23. The summed E-state index contributed by atoms with van der Waals surface area (Å²) in [5, 5.41) is 8.24. The van der Waals surface area contributed by atoms with E-state index in [0.29, 0.717) is 0 Å². The van der Waals surface area contributed by atoms with Crippen molar-refractivity contribution in [3.8, 4) is 23.7 Å². The Hall–Kier alpha value is -2.14. The highest BCUT2D eigenvalue weighted by atomic mass is 19.3. The maximum Gasteiger partial charge on any atom is 0.387 e. The molecule has 0 aliphatic heterocycles. The molecule has 0 fully saturated rings. The molecule has 0 heterocycles. The summed E-state index contributed by atoms with van der Waals surface area (Å²) in [6.45, 7) is -3.04. The molecule has 1 aromatic rings. The number of nitriles is 1. The summed E-state index contributed by atoms with van der Waals surface area (Å²) < 4.78 is 40.8. The van der Waals surface area contributed by atoms with E-state index in [1.54, 1.807) is 6.07 Å². The molecule has 2 nitrogen and oxygen atoms in total. The van der Waals surface area contributed by atoms with E-state index in [1.165, 1.54) is 6.07 Å². The largest absolute Gasteiger partial charge is 0.433 e. The van der Waals surface area contributed by atoms with Crippen LogP contribution in [0, 0.1) is 29.0 Å². The monoisotopic (exact) mass is 225 g/mol. The molecule has 0 radical (unpaired) electrons. The van der Waals surface area contributed by atoms with Crippen LogP contribution in [-0.2, 0) is 0 Å². The number of nitrogens with zero attached hydrogens (tertiary/aromatic N) is 1. The normalized spacial score (nSPS) is 9.19. The average Bonchev–Trinajstić information content (AvgIpc) is 2.20. The molecular weight excluding hydrogens is 219 g/mol. The molecule has 0 aromatic heterocycles.